The Morgan fingerprint density at radius 2 is 1.82 bits per heavy atom. The summed E-state index contributed by atoms with van der Waals surface area (Å²) in [6.45, 7) is 1.39. The molecule has 3 aromatic carbocycles. The summed E-state index contributed by atoms with van der Waals surface area (Å²) in [6.07, 6.45) is -0.114. The number of aromatic nitrogens is 1. The topological polar surface area (TPSA) is 51.0 Å². The van der Waals surface area contributed by atoms with E-state index in [1.165, 1.54) is 37.6 Å². The molecule has 1 atom stereocenters. The molecule has 0 bridgehead atoms. The zero-order chi connectivity index (χ0) is 31.3. The van der Waals surface area contributed by atoms with Crippen molar-refractivity contribution in [2.24, 2.45) is 5.92 Å². The van der Waals surface area contributed by atoms with Crippen LogP contribution in [0.2, 0.25) is 0 Å². The highest BCUT2D eigenvalue weighted by Crippen LogP contribution is 2.38. The number of piperidine rings is 1. The van der Waals surface area contributed by atoms with E-state index in [9.17, 15) is 13.2 Å². The van der Waals surface area contributed by atoms with Crippen molar-refractivity contribution >= 4 is 23.5 Å². The van der Waals surface area contributed by atoms with Crippen molar-refractivity contribution in [2.45, 2.75) is 43.3 Å². The zero-order valence-corrected chi connectivity index (χ0v) is 25.1. The number of alkyl halides is 3. The molecule has 1 aliphatic heterocycles. The summed E-state index contributed by atoms with van der Waals surface area (Å²) in [5.41, 5.74) is 1.14. The molecule has 0 amide bonds. The molecule has 12 heteroatoms. The van der Waals surface area contributed by atoms with Gasteiger partial charge in [-0.05, 0) is 79.4 Å². The quantitative estimate of drug-likeness (QED) is 0.121. The van der Waals surface area contributed by atoms with Crippen LogP contribution in [0.15, 0.2) is 76.3 Å². The van der Waals surface area contributed by atoms with Gasteiger partial charge >= 0.3 is 6.18 Å². The predicted molar refractivity (Wildman–Crippen MR) is 159 cm³/mol. The molecule has 1 unspecified atom stereocenters. The van der Waals surface area contributed by atoms with E-state index >= 15 is 8.78 Å². The van der Waals surface area contributed by atoms with Gasteiger partial charge in [-0.15, -0.1) is 0 Å². The van der Waals surface area contributed by atoms with Crippen LogP contribution in [0, 0.1) is 17.6 Å². The fraction of sp³-hybridized carbons (Fsp3) is 0.344. The smallest absolute Gasteiger partial charge is 0.416 e. The predicted octanol–water partition coefficient (Wildman–Crippen LogP) is 8.55. The summed E-state index contributed by atoms with van der Waals surface area (Å²) in [5.74, 6) is 0.269. The Balaban J connectivity index is 1.29. The van der Waals surface area contributed by atoms with Crippen LogP contribution < -0.4 is 18.7 Å². The number of hydrogen-bond donors (Lipinski definition) is 0. The number of benzene rings is 3. The number of ether oxygens (including phenoxy) is 2. The zero-order valence-electron chi connectivity index (χ0n) is 24.2. The lowest BCUT2D eigenvalue weighted by Crippen LogP contribution is -2.35. The first-order valence-electron chi connectivity index (χ1n) is 14.1. The fourth-order valence-corrected chi connectivity index (χ4v) is 6.27. The van der Waals surface area contributed by atoms with Crippen LogP contribution in [0.1, 0.15) is 36.0 Å². The Morgan fingerprint density at radius 3 is 2.50 bits per heavy atom. The maximum atomic E-state index is 15.6. The summed E-state index contributed by atoms with van der Waals surface area (Å²) in [4.78, 5) is 1.75. The number of nitrogens with zero attached hydrogens (tertiary/aromatic N) is 3. The summed E-state index contributed by atoms with van der Waals surface area (Å²) < 4.78 is 87.8. The van der Waals surface area contributed by atoms with E-state index in [2.05, 4.69) is 5.16 Å². The fourth-order valence-electron chi connectivity index (χ4n) is 5.37. The van der Waals surface area contributed by atoms with Gasteiger partial charge in [0, 0.05) is 36.5 Å². The van der Waals surface area contributed by atoms with Gasteiger partial charge in [0.15, 0.2) is 5.82 Å². The molecule has 5 rings (SSSR count). The second kappa shape index (κ2) is 13.8. The van der Waals surface area contributed by atoms with Gasteiger partial charge in [0.25, 0.3) is 0 Å². The summed E-state index contributed by atoms with van der Waals surface area (Å²) in [7, 11) is 3.08. The first kappa shape index (κ1) is 31.5. The molecule has 4 aromatic rings. The van der Waals surface area contributed by atoms with Crippen LogP contribution in [-0.4, -0.2) is 32.5 Å². The van der Waals surface area contributed by atoms with E-state index < -0.39 is 23.4 Å². The van der Waals surface area contributed by atoms with Crippen molar-refractivity contribution < 1.29 is 35.9 Å². The Hall–Kier alpha value is -3.93. The minimum Gasteiger partial charge on any atom is -0.497 e. The lowest BCUT2D eigenvalue weighted by atomic mass is 9.91. The lowest BCUT2D eigenvalue weighted by molar-refractivity contribution is -0.137. The molecule has 0 spiro atoms. The molecule has 0 saturated carbocycles. The molecule has 1 saturated heterocycles. The minimum absolute atomic E-state index is 0.181. The Morgan fingerprint density at radius 1 is 1.02 bits per heavy atom. The molecule has 234 valence electrons. The van der Waals surface area contributed by atoms with E-state index in [1.54, 1.807) is 41.7 Å². The lowest BCUT2D eigenvalue weighted by Gasteiger charge is -2.35. The third-order valence-electron chi connectivity index (χ3n) is 7.65. The molecule has 44 heavy (non-hydrogen) atoms. The van der Waals surface area contributed by atoms with Crippen molar-refractivity contribution in [3.8, 4) is 11.5 Å². The van der Waals surface area contributed by atoms with E-state index in [1.807, 2.05) is 4.90 Å². The summed E-state index contributed by atoms with van der Waals surface area (Å²) in [6, 6.07) is 14.9. The van der Waals surface area contributed by atoms with E-state index in [4.69, 9.17) is 14.0 Å². The number of hydrogen-bond acceptors (Lipinski definition) is 7. The second-order valence-corrected chi connectivity index (χ2v) is 11.6. The number of rotatable bonds is 11. The van der Waals surface area contributed by atoms with Crippen molar-refractivity contribution in [1.82, 2.24) is 5.16 Å². The third kappa shape index (κ3) is 7.58. The molecule has 0 radical (unpaired) electrons. The molecule has 1 fully saturated rings. The Bertz CT molecular complexity index is 1530. The SMILES string of the molecule is COc1ccc(CN(Sc2c(F)cc(N3CCCC(CCc4cccc(C(F)(F)F)c4)C3)cc2F)c2ccon2)c(OC)c1. The standard InChI is InChI=1S/C32H32F5N3O3S/c1-41-26-11-10-23(29(18-26)42-2)20-40(30-12-14-43-38-30)44-31-27(33)16-25(17-28(31)34)39-13-4-6-22(19-39)9-8-21-5-3-7-24(15-21)32(35,36)37/h3,5,7,10-12,14-18,22H,4,6,8-9,13,19-20H2,1-2H3. The first-order chi connectivity index (χ1) is 21.1. The molecule has 0 N–H and O–H groups in total. The van der Waals surface area contributed by atoms with Crippen molar-refractivity contribution in [1.29, 1.82) is 0 Å². The van der Waals surface area contributed by atoms with Gasteiger partial charge in [-0.25, -0.2) is 8.78 Å². The molecule has 1 aliphatic rings. The van der Waals surface area contributed by atoms with Crippen molar-refractivity contribution in [3.05, 3.63) is 95.3 Å². The first-order valence-corrected chi connectivity index (χ1v) is 14.9. The normalized spacial score (nSPS) is 15.3. The van der Waals surface area contributed by atoms with Crippen molar-refractivity contribution in [2.75, 3.05) is 36.5 Å². The molecule has 0 aliphatic carbocycles. The highest BCUT2D eigenvalue weighted by Gasteiger charge is 2.30. The monoisotopic (exact) mass is 633 g/mol. The van der Waals surface area contributed by atoms with Crippen LogP contribution in [0.25, 0.3) is 0 Å². The van der Waals surface area contributed by atoms with Crippen LogP contribution in [0.5, 0.6) is 11.5 Å². The third-order valence-corrected chi connectivity index (χ3v) is 8.76. The van der Waals surface area contributed by atoms with Gasteiger partial charge in [-0.2, -0.15) is 13.2 Å². The Labute approximate surface area is 256 Å². The number of anilines is 2. The molecule has 1 aromatic heterocycles. The minimum atomic E-state index is -4.38. The maximum absolute atomic E-state index is 15.6. The van der Waals surface area contributed by atoms with Crippen LogP contribution >= 0.6 is 11.9 Å². The highest BCUT2D eigenvalue weighted by molar-refractivity contribution is 8.00. The molecular weight excluding hydrogens is 601 g/mol. The van der Waals surface area contributed by atoms with Gasteiger partial charge in [0.2, 0.25) is 0 Å². The van der Waals surface area contributed by atoms with Gasteiger partial charge in [0.1, 0.15) is 34.3 Å². The number of aryl methyl sites for hydroxylation is 1. The largest absolute Gasteiger partial charge is 0.497 e. The average Bonchev–Trinajstić information content (AvgIpc) is 3.56. The number of methoxy groups -OCH3 is 2. The molecule has 2 heterocycles. The summed E-state index contributed by atoms with van der Waals surface area (Å²) >= 11 is 0.864. The van der Waals surface area contributed by atoms with E-state index in [-0.39, 0.29) is 17.4 Å². The van der Waals surface area contributed by atoms with Crippen molar-refractivity contribution in [3.63, 3.8) is 0 Å². The maximum Gasteiger partial charge on any atom is 0.416 e. The van der Waals surface area contributed by atoms with E-state index in [0.717, 1.165) is 36.4 Å². The summed E-state index contributed by atoms with van der Waals surface area (Å²) in [5, 5.41) is 3.97. The van der Waals surface area contributed by atoms with Crippen LogP contribution in [-0.2, 0) is 19.1 Å². The van der Waals surface area contributed by atoms with Gasteiger partial charge in [-0.1, -0.05) is 23.4 Å². The van der Waals surface area contributed by atoms with Gasteiger partial charge in [-0.3, -0.25) is 4.31 Å². The number of halogens is 5. The Kier molecular flexibility index (Phi) is 9.87. The average molecular weight is 634 g/mol. The highest BCUT2D eigenvalue weighted by atomic mass is 32.2. The second-order valence-electron chi connectivity index (χ2n) is 10.6. The van der Waals surface area contributed by atoms with E-state index in [0.29, 0.717) is 54.5 Å². The molecule has 6 nitrogen and oxygen atoms in total. The van der Waals surface area contributed by atoms with Crippen LogP contribution in [0.4, 0.5) is 33.5 Å². The van der Waals surface area contributed by atoms with Gasteiger partial charge < -0.3 is 18.9 Å². The molecular formula is C32H32F5N3O3S. The van der Waals surface area contributed by atoms with Gasteiger partial charge in [0.05, 0.1) is 26.3 Å². The van der Waals surface area contributed by atoms with Crippen LogP contribution in [0.3, 0.4) is 0 Å².